The van der Waals surface area contributed by atoms with Crippen molar-refractivity contribution in [3.05, 3.63) is 42.5 Å². The van der Waals surface area contributed by atoms with E-state index in [9.17, 15) is 19.5 Å². The average Bonchev–Trinajstić information content (AvgIpc) is 3.29. The van der Waals surface area contributed by atoms with Crippen LogP contribution in [0, 0.1) is 5.41 Å². The van der Waals surface area contributed by atoms with Gasteiger partial charge in [-0.3, -0.25) is 9.59 Å². The number of carbonyl (C=O) groups excluding carboxylic acids is 2. The number of carbonyl (C=O) groups is 3. The number of benzene rings is 2. The van der Waals surface area contributed by atoms with E-state index in [1.54, 1.807) is 0 Å². The Morgan fingerprint density at radius 2 is 1.93 bits per heavy atom. The van der Waals surface area contributed by atoms with E-state index in [-0.39, 0.29) is 36.2 Å². The number of ether oxygens (including phenoxy) is 1. The Labute approximate surface area is 175 Å². The van der Waals surface area contributed by atoms with Crippen molar-refractivity contribution in [1.29, 1.82) is 0 Å². The van der Waals surface area contributed by atoms with E-state index in [4.69, 9.17) is 4.74 Å². The summed E-state index contributed by atoms with van der Waals surface area (Å²) < 4.78 is 5.83. The molecular formula is C23H26N2O5. The average molecular weight is 410 g/mol. The van der Waals surface area contributed by atoms with Gasteiger partial charge >= 0.3 is 5.97 Å². The number of nitrogens with one attached hydrogen (secondary N) is 1. The quantitative estimate of drug-likeness (QED) is 0.652. The molecule has 30 heavy (non-hydrogen) atoms. The predicted octanol–water partition coefficient (Wildman–Crippen LogP) is 2.58. The second kappa shape index (κ2) is 7.97. The Balaban J connectivity index is 1.21. The Kier molecular flexibility index (Phi) is 5.37. The molecule has 2 aliphatic rings. The van der Waals surface area contributed by atoms with Gasteiger partial charge < -0.3 is 20.1 Å². The fraction of sp³-hybridized carbons (Fsp3) is 0.435. The van der Waals surface area contributed by atoms with Gasteiger partial charge in [-0.15, -0.1) is 0 Å². The van der Waals surface area contributed by atoms with E-state index in [0.29, 0.717) is 19.4 Å². The van der Waals surface area contributed by atoms with Crippen LogP contribution in [0.25, 0.3) is 10.8 Å². The molecule has 0 unspecified atom stereocenters. The summed E-state index contributed by atoms with van der Waals surface area (Å²) in [6.45, 7) is 2.23. The van der Waals surface area contributed by atoms with Gasteiger partial charge in [-0.25, -0.2) is 4.79 Å². The molecule has 1 aliphatic carbocycles. The summed E-state index contributed by atoms with van der Waals surface area (Å²) in [5.41, 5.74) is -0.0817. The van der Waals surface area contributed by atoms with Crippen molar-refractivity contribution < 1.29 is 24.2 Å². The second-order valence-electron chi connectivity index (χ2n) is 8.44. The molecule has 1 aliphatic heterocycles. The Hall–Kier alpha value is -3.09. The van der Waals surface area contributed by atoms with Crippen molar-refractivity contribution in [3.8, 4) is 5.75 Å². The molecule has 2 aromatic rings. The van der Waals surface area contributed by atoms with Crippen LogP contribution in [0.3, 0.4) is 0 Å². The summed E-state index contributed by atoms with van der Waals surface area (Å²) in [6, 6.07) is 13.0. The summed E-state index contributed by atoms with van der Waals surface area (Å²) >= 11 is 0. The highest BCUT2D eigenvalue weighted by atomic mass is 16.5. The lowest BCUT2D eigenvalue weighted by Crippen LogP contribution is -2.47. The molecule has 1 heterocycles. The van der Waals surface area contributed by atoms with Gasteiger partial charge in [0.2, 0.25) is 11.8 Å². The van der Waals surface area contributed by atoms with E-state index in [2.05, 4.69) is 5.32 Å². The molecular weight excluding hydrogens is 384 g/mol. The lowest BCUT2D eigenvalue weighted by Gasteiger charge is -2.24. The van der Waals surface area contributed by atoms with Gasteiger partial charge in [0.05, 0.1) is 13.2 Å². The third kappa shape index (κ3) is 3.97. The van der Waals surface area contributed by atoms with Crippen molar-refractivity contribution in [1.82, 2.24) is 10.2 Å². The lowest BCUT2D eigenvalue weighted by molar-refractivity contribution is -0.149. The van der Waals surface area contributed by atoms with Crippen molar-refractivity contribution in [2.75, 3.05) is 13.2 Å². The fourth-order valence-corrected chi connectivity index (χ4v) is 4.44. The Bertz CT molecular complexity index is 985. The van der Waals surface area contributed by atoms with Gasteiger partial charge in [-0.1, -0.05) is 43.3 Å². The Morgan fingerprint density at radius 1 is 1.17 bits per heavy atom. The van der Waals surface area contributed by atoms with Crippen LogP contribution >= 0.6 is 0 Å². The highest BCUT2D eigenvalue weighted by Crippen LogP contribution is 2.59. The van der Waals surface area contributed by atoms with Crippen LogP contribution in [-0.2, 0) is 14.4 Å². The van der Waals surface area contributed by atoms with Gasteiger partial charge in [0.1, 0.15) is 11.8 Å². The number of carboxylic acid groups (broad SMARTS) is 1. The van der Waals surface area contributed by atoms with Crippen LogP contribution < -0.4 is 10.1 Å². The number of rotatable bonds is 8. The maximum atomic E-state index is 12.5. The molecule has 0 aromatic heterocycles. The standard InChI is InChI=1S/C23H26N2O5/c1-23-12-17(22(28)29)25(19(23)13-23)21(27)14-24-20(26)10-5-11-30-18-9-4-7-15-6-2-3-8-16(15)18/h2-4,6-9,17,19H,5,10-14H2,1H3,(H,24,26)(H,28,29)/t17-,19-,23+/m0/s1. The first-order valence-electron chi connectivity index (χ1n) is 10.3. The predicted molar refractivity (Wildman–Crippen MR) is 111 cm³/mol. The number of aliphatic carboxylic acids is 1. The van der Waals surface area contributed by atoms with Gasteiger partial charge in [0, 0.05) is 17.8 Å². The molecule has 7 nitrogen and oxygen atoms in total. The number of hydrogen-bond donors (Lipinski definition) is 2. The van der Waals surface area contributed by atoms with E-state index in [1.165, 1.54) is 4.90 Å². The number of carboxylic acids is 1. The van der Waals surface area contributed by atoms with E-state index in [1.807, 2.05) is 49.4 Å². The first-order valence-corrected chi connectivity index (χ1v) is 10.3. The second-order valence-corrected chi connectivity index (χ2v) is 8.44. The van der Waals surface area contributed by atoms with E-state index < -0.39 is 12.0 Å². The number of nitrogens with zero attached hydrogens (tertiary/aromatic N) is 1. The van der Waals surface area contributed by atoms with Gasteiger partial charge in [-0.05, 0) is 36.1 Å². The number of piperidine rings is 1. The molecule has 2 N–H and O–H groups in total. The summed E-state index contributed by atoms with van der Waals surface area (Å²) in [4.78, 5) is 37.5. The largest absolute Gasteiger partial charge is 0.493 e. The van der Waals surface area contributed by atoms with Crippen molar-refractivity contribution >= 4 is 28.6 Å². The molecule has 2 fully saturated rings. The molecule has 1 saturated heterocycles. The molecule has 0 spiro atoms. The maximum Gasteiger partial charge on any atom is 0.326 e. The third-order valence-corrected chi connectivity index (χ3v) is 6.20. The minimum atomic E-state index is -0.978. The number of likely N-dealkylation sites (tertiary alicyclic amines) is 1. The number of hydrogen-bond acceptors (Lipinski definition) is 4. The van der Waals surface area contributed by atoms with Crippen LogP contribution in [0.1, 0.15) is 32.6 Å². The van der Waals surface area contributed by atoms with Crippen LogP contribution in [0.15, 0.2) is 42.5 Å². The highest BCUT2D eigenvalue weighted by molar-refractivity contribution is 5.90. The first-order chi connectivity index (χ1) is 14.4. The minimum absolute atomic E-state index is 0.0166. The highest BCUT2D eigenvalue weighted by Gasteiger charge is 2.64. The SMILES string of the molecule is C[C@@]12C[C@@H]1N(C(=O)CNC(=O)CCCOc1cccc3ccccc13)[C@H](C(=O)O)C2. The molecule has 1 saturated carbocycles. The zero-order chi connectivity index (χ0) is 21.3. The van der Waals surface area contributed by atoms with Crippen molar-refractivity contribution in [2.45, 2.75) is 44.7 Å². The molecule has 2 aromatic carbocycles. The molecule has 7 heteroatoms. The zero-order valence-electron chi connectivity index (χ0n) is 17.0. The van der Waals surface area contributed by atoms with Gasteiger partial charge in [0.25, 0.3) is 0 Å². The maximum absolute atomic E-state index is 12.5. The van der Waals surface area contributed by atoms with Crippen molar-refractivity contribution in [3.63, 3.8) is 0 Å². The van der Waals surface area contributed by atoms with Crippen LogP contribution in [0.4, 0.5) is 0 Å². The third-order valence-electron chi connectivity index (χ3n) is 6.20. The minimum Gasteiger partial charge on any atom is -0.493 e. The normalized spacial score (nSPS) is 24.4. The van der Waals surface area contributed by atoms with Crippen LogP contribution in [0.2, 0.25) is 0 Å². The topological polar surface area (TPSA) is 95.9 Å². The summed E-state index contributed by atoms with van der Waals surface area (Å²) in [7, 11) is 0. The van der Waals surface area contributed by atoms with Gasteiger partial charge in [-0.2, -0.15) is 0 Å². The summed E-state index contributed by atoms with van der Waals surface area (Å²) in [5.74, 6) is -0.762. The van der Waals surface area contributed by atoms with E-state index >= 15 is 0 Å². The smallest absolute Gasteiger partial charge is 0.326 e. The molecule has 0 radical (unpaired) electrons. The first kappa shape index (κ1) is 20.2. The summed E-state index contributed by atoms with van der Waals surface area (Å²) in [5, 5.41) is 14.1. The monoisotopic (exact) mass is 410 g/mol. The fourth-order valence-electron chi connectivity index (χ4n) is 4.44. The molecule has 4 rings (SSSR count). The molecule has 2 amide bonds. The molecule has 3 atom stereocenters. The molecule has 0 bridgehead atoms. The Morgan fingerprint density at radius 3 is 2.73 bits per heavy atom. The molecule has 158 valence electrons. The number of fused-ring (bicyclic) bond motifs is 2. The lowest BCUT2D eigenvalue weighted by atomic mass is 10.0. The summed E-state index contributed by atoms with van der Waals surface area (Å²) in [6.07, 6.45) is 2.08. The van der Waals surface area contributed by atoms with Crippen LogP contribution in [0.5, 0.6) is 5.75 Å². The number of amides is 2. The van der Waals surface area contributed by atoms with Gasteiger partial charge in [0.15, 0.2) is 0 Å². The van der Waals surface area contributed by atoms with Crippen molar-refractivity contribution in [2.24, 2.45) is 5.41 Å². The zero-order valence-corrected chi connectivity index (χ0v) is 17.0. The van der Waals surface area contributed by atoms with Crippen LogP contribution in [-0.4, -0.2) is 53.0 Å². The van der Waals surface area contributed by atoms with E-state index in [0.717, 1.165) is 22.9 Å².